The lowest BCUT2D eigenvalue weighted by Gasteiger charge is -2.08. The Balaban J connectivity index is 1.82. The van der Waals surface area contributed by atoms with Crippen molar-refractivity contribution in [1.82, 2.24) is 0 Å². The van der Waals surface area contributed by atoms with Gasteiger partial charge in [0, 0.05) is 31.3 Å². The fourth-order valence-electron chi connectivity index (χ4n) is 2.20. The number of aliphatic hydroxyl groups excluding tert-OH is 1. The zero-order valence-corrected chi connectivity index (χ0v) is 13.1. The number of hydrogen-bond acceptors (Lipinski definition) is 5. The molecule has 0 bridgehead atoms. The molecule has 2 rings (SSSR count). The minimum Gasteiger partial charge on any atom is -0.396 e. The molecular formula is C17H19N3O4. The summed E-state index contributed by atoms with van der Waals surface area (Å²) in [6, 6.07) is 13.6. The Morgan fingerprint density at radius 3 is 2.50 bits per heavy atom. The van der Waals surface area contributed by atoms with Gasteiger partial charge >= 0.3 is 0 Å². The van der Waals surface area contributed by atoms with Gasteiger partial charge in [0.1, 0.15) is 5.69 Å². The summed E-state index contributed by atoms with van der Waals surface area (Å²) in [6.45, 7) is 0.377. The number of carbonyl (C=O) groups is 1. The lowest BCUT2D eigenvalue weighted by molar-refractivity contribution is -0.384. The molecule has 0 aliphatic carbocycles. The topological polar surface area (TPSA) is 104 Å². The van der Waals surface area contributed by atoms with Crippen LogP contribution in [0.2, 0.25) is 0 Å². The number of hydrogen-bond donors (Lipinski definition) is 3. The molecule has 0 aliphatic heterocycles. The third-order valence-electron chi connectivity index (χ3n) is 3.41. The first-order valence-corrected chi connectivity index (χ1v) is 7.57. The van der Waals surface area contributed by atoms with Crippen LogP contribution in [0.15, 0.2) is 48.5 Å². The minimum atomic E-state index is -0.462. The number of nitro groups is 1. The molecule has 0 spiro atoms. The Morgan fingerprint density at radius 2 is 1.83 bits per heavy atom. The zero-order chi connectivity index (χ0) is 17.4. The van der Waals surface area contributed by atoms with Crippen molar-refractivity contribution in [1.29, 1.82) is 0 Å². The summed E-state index contributed by atoms with van der Waals surface area (Å²) < 4.78 is 0. The van der Waals surface area contributed by atoms with E-state index in [4.69, 9.17) is 5.11 Å². The number of rotatable bonds is 8. The summed E-state index contributed by atoms with van der Waals surface area (Å²) in [5.41, 5.74) is 2.04. The van der Waals surface area contributed by atoms with E-state index in [1.807, 2.05) is 12.1 Å². The van der Waals surface area contributed by atoms with E-state index in [2.05, 4.69) is 10.6 Å². The highest BCUT2D eigenvalue weighted by Gasteiger charge is 2.12. The number of carbonyl (C=O) groups excluding carboxylic acids is 1. The van der Waals surface area contributed by atoms with Crippen molar-refractivity contribution in [3.8, 4) is 0 Å². The monoisotopic (exact) mass is 329 g/mol. The standard InChI is InChI=1S/C17H19N3O4/c21-12-10-13-5-7-14(8-6-13)19-17(22)9-11-18-15-3-1-2-4-16(15)20(23)24/h1-8,18,21H,9-12H2,(H,19,22). The molecule has 0 radical (unpaired) electrons. The smallest absolute Gasteiger partial charge is 0.292 e. The van der Waals surface area contributed by atoms with E-state index in [1.54, 1.807) is 30.3 Å². The van der Waals surface area contributed by atoms with Gasteiger partial charge in [-0.3, -0.25) is 14.9 Å². The maximum atomic E-state index is 11.9. The summed E-state index contributed by atoms with van der Waals surface area (Å²) in [5.74, 6) is -0.184. The van der Waals surface area contributed by atoms with Crippen LogP contribution in [0.4, 0.5) is 17.1 Å². The normalized spacial score (nSPS) is 10.2. The maximum absolute atomic E-state index is 11.9. The molecule has 0 atom stereocenters. The second-order valence-electron chi connectivity index (χ2n) is 5.17. The number of amides is 1. The predicted molar refractivity (Wildman–Crippen MR) is 92.1 cm³/mol. The number of nitrogens with zero attached hydrogens (tertiary/aromatic N) is 1. The largest absolute Gasteiger partial charge is 0.396 e. The number of anilines is 2. The fourth-order valence-corrected chi connectivity index (χ4v) is 2.20. The minimum absolute atomic E-state index is 0.0163. The van der Waals surface area contributed by atoms with Gasteiger partial charge in [0.25, 0.3) is 5.69 Å². The van der Waals surface area contributed by atoms with E-state index in [1.165, 1.54) is 6.07 Å². The molecule has 0 saturated carbocycles. The van der Waals surface area contributed by atoms with Crippen molar-refractivity contribution in [2.24, 2.45) is 0 Å². The SMILES string of the molecule is O=C(CCNc1ccccc1[N+](=O)[O-])Nc1ccc(CCO)cc1. The molecule has 0 fully saturated rings. The molecule has 7 heteroatoms. The Hall–Kier alpha value is -2.93. The van der Waals surface area contributed by atoms with E-state index in [0.717, 1.165) is 5.56 Å². The van der Waals surface area contributed by atoms with Crippen LogP contribution in [0.1, 0.15) is 12.0 Å². The van der Waals surface area contributed by atoms with Crippen LogP contribution in [0.3, 0.4) is 0 Å². The van der Waals surface area contributed by atoms with Crippen LogP contribution in [-0.2, 0) is 11.2 Å². The van der Waals surface area contributed by atoms with Gasteiger partial charge in [0.05, 0.1) is 4.92 Å². The first-order chi connectivity index (χ1) is 11.6. The molecule has 0 unspecified atom stereocenters. The van der Waals surface area contributed by atoms with Gasteiger partial charge in [0.2, 0.25) is 5.91 Å². The van der Waals surface area contributed by atoms with E-state index in [0.29, 0.717) is 24.3 Å². The summed E-state index contributed by atoms with van der Waals surface area (Å²) in [7, 11) is 0. The number of nitro benzene ring substituents is 1. The Bertz CT molecular complexity index is 701. The van der Waals surface area contributed by atoms with Gasteiger partial charge < -0.3 is 15.7 Å². The molecule has 1 amide bonds. The van der Waals surface area contributed by atoms with Crippen LogP contribution in [0.25, 0.3) is 0 Å². The van der Waals surface area contributed by atoms with Crippen molar-refractivity contribution < 1.29 is 14.8 Å². The quantitative estimate of drug-likeness (QED) is 0.510. The third kappa shape index (κ3) is 5.06. The highest BCUT2D eigenvalue weighted by molar-refractivity contribution is 5.91. The zero-order valence-electron chi connectivity index (χ0n) is 13.1. The second kappa shape index (κ2) is 8.64. The van der Waals surface area contributed by atoms with Crippen molar-refractivity contribution in [3.63, 3.8) is 0 Å². The summed E-state index contributed by atoms with van der Waals surface area (Å²) in [6.07, 6.45) is 0.762. The molecule has 0 aromatic heterocycles. The Morgan fingerprint density at radius 1 is 1.12 bits per heavy atom. The van der Waals surface area contributed by atoms with Crippen molar-refractivity contribution in [2.75, 3.05) is 23.8 Å². The van der Waals surface area contributed by atoms with E-state index < -0.39 is 4.92 Å². The molecular weight excluding hydrogens is 310 g/mol. The number of para-hydroxylation sites is 2. The lowest BCUT2D eigenvalue weighted by Crippen LogP contribution is -2.16. The van der Waals surface area contributed by atoms with E-state index in [9.17, 15) is 14.9 Å². The molecule has 0 aliphatic rings. The van der Waals surface area contributed by atoms with Crippen molar-refractivity contribution >= 4 is 23.0 Å². The third-order valence-corrected chi connectivity index (χ3v) is 3.41. The molecule has 24 heavy (non-hydrogen) atoms. The van der Waals surface area contributed by atoms with Gasteiger partial charge in [-0.25, -0.2) is 0 Å². The molecule has 3 N–H and O–H groups in total. The summed E-state index contributed by atoms with van der Waals surface area (Å²) >= 11 is 0. The molecule has 0 heterocycles. The van der Waals surface area contributed by atoms with Crippen LogP contribution in [-0.4, -0.2) is 29.1 Å². The van der Waals surface area contributed by atoms with Gasteiger partial charge in [-0.1, -0.05) is 24.3 Å². The average Bonchev–Trinajstić information content (AvgIpc) is 2.57. The van der Waals surface area contributed by atoms with E-state index >= 15 is 0 Å². The van der Waals surface area contributed by atoms with Gasteiger partial charge in [-0.2, -0.15) is 0 Å². The van der Waals surface area contributed by atoms with Gasteiger partial charge in [0.15, 0.2) is 0 Å². The second-order valence-corrected chi connectivity index (χ2v) is 5.17. The summed E-state index contributed by atoms with van der Waals surface area (Å²) in [5, 5.41) is 25.4. The first kappa shape index (κ1) is 17.4. The molecule has 7 nitrogen and oxygen atoms in total. The average molecular weight is 329 g/mol. The molecule has 0 saturated heterocycles. The van der Waals surface area contributed by atoms with Crippen LogP contribution in [0, 0.1) is 10.1 Å². The number of nitrogens with one attached hydrogen (secondary N) is 2. The predicted octanol–water partition coefficient (Wildman–Crippen LogP) is 2.57. The molecule has 2 aromatic carbocycles. The highest BCUT2D eigenvalue weighted by Crippen LogP contribution is 2.22. The first-order valence-electron chi connectivity index (χ1n) is 7.57. The Kier molecular flexibility index (Phi) is 6.27. The Labute approximate surface area is 139 Å². The molecule has 2 aromatic rings. The summed E-state index contributed by atoms with van der Waals surface area (Å²) in [4.78, 5) is 22.3. The van der Waals surface area contributed by atoms with Crippen LogP contribution >= 0.6 is 0 Å². The van der Waals surface area contributed by atoms with Gasteiger partial charge in [-0.05, 0) is 30.2 Å². The number of aliphatic hydroxyl groups is 1. The van der Waals surface area contributed by atoms with Crippen molar-refractivity contribution in [3.05, 3.63) is 64.2 Å². The lowest BCUT2D eigenvalue weighted by atomic mass is 10.1. The number of benzene rings is 2. The van der Waals surface area contributed by atoms with Crippen LogP contribution < -0.4 is 10.6 Å². The van der Waals surface area contributed by atoms with E-state index in [-0.39, 0.29) is 24.6 Å². The van der Waals surface area contributed by atoms with Crippen molar-refractivity contribution in [2.45, 2.75) is 12.8 Å². The van der Waals surface area contributed by atoms with Crippen LogP contribution in [0.5, 0.6) is 0 Å². The molecule has 126 valence electrons. The fraction of sp³-hybridized carbons (Fsp3) is 0.235. The highest BCUT2D eigenvalue weighted by atomic mass is 16.6. The van der Waals surface area contributed by atoms with Gasteiger partial charge in [-0.15, -0.1) is 0 Å². The maximum Gasteiger partial charge on any atom is 0.292 e.